The first-order valence-electron chi connectivity index (χ1n) is 23.7. The van der Waals surface area contributed by atoms with Crippen LogP contribution in [0, 0.1) is 17.7 Å². The van der Waals surface area contributed by atoms with Gasteiger partial charge in [0.2, 0.25) is 17.5 Å². The second kappa shape index (κ2) is 17.0. The van der Waals surface area contributed by atoms with Gasteiger partial charge in [-0.1, -0.05) is 26.0 Å². The summed E-state index contributed by atoms with van der Waals surface area (Å²) in [6.07, 6.45) is 14.5. The lowest BCUT2D eigenvalue weighted by Gasteiger charge is -2.62. The van der Waals surface area contributed by atoms with E-state index in [4.69, 9.17) is 0 Å². The first-order valence-corrected chi connectivity index (χ1v) is 26.6. The van der Waals surface area contributed by atoms with Gasteiger partial charge in [0.1, 0.15) is 12.4 Å². The van der Waals surface area contributed by atoms with Crippen LogP contribution in [0.3, 0.4) is 0 Å². The van der Waals surface area contributed by atoms with Crippen molar-refractivity contribution >= 4 is 49.1 Å². The minimum atomic E-state index is -4.45. The Kier molecular flexibility index (Phi) is 12.0. The molecule has 4 N–H and O–H groups in total. The van der Waals surface area contributed by atoms with Crippen molar-refractivity contribution in [3.05, 3.63) is 107 Å². The van der Waals surface area contributed by atoms with Crippen LogP contribution in [0.4, 0.5) is 15.8 Å². The van der Waals surface area contributed by atoms with E-state index in [1.54, 1.807) is 29.2 Å². The molecule has 67 heavy (non-hydrogen) atoms. The van der Waals surface area contributed by atoms with Crippen LogP contribution in [-0.2, 0) is 53.7 Å². The molecule has 4 fully saturated rings. The monoisotopic (exact) mass is 956 g/mol. The summed E-state index contributed by atoms with van der Waals surface area (Å²) in [5, 5.41) is 7.21. The molecule has 4 saturated carbocycles. The third kappa shape index (κ3) is 8.92. The molecule has 0 radical (unpaired) electrons. The Labute approximate surface area is 394 Å². The zero-order valence-electron chi connectivity index (χ0n) is 39.1. The number of nitrogens with one attached hydrogen (secondary N) is 2. The molecule has 16 heteroatoms. The summed E-state index contributed by atoms with van der Waals surface area (Å²) in [6.45, 7) is 12.5. The number of fused-ring (bicyclic) bond motifs is 3. The maximum Gasteiger partial charge on any atom is 0.294 e. The van der Waals surface area contributed by atoms with Gasteiger partial charge in [0.25, 0.3) is 20.2 Å². The molecule has 4 bridgehead atoms. The summed E-state index contributed by atoms with van der Waals surface area (Å²) in [6, 6.07) is 14.1. The molecule has 0 spiro atoms. The van der Waals surface area contributed by atoms with E-state index in [2.05, 4.69) is 20.1 Å². The topological polar surface area (TPSA) is 176 Å². The predicted octanol–water partition coefficient (Wildman–Crippen LogP) is 7.85. The Bertz CT molecular complexity index is 2860. The molecule has 358 valence electrons. The zero-order valence-corrected chi connectivity index (χ0v) is 40.7. The number of nitrogens with zero attached hydrogens (tertiary/aromatic N) is 3. The summed E-state index contributed by atoms with van der Waals surface area (Å²) >= 11 is 0. The molecule has 13 nitrogen and oxygen atoms in total. The quantitative estimate of drug-likeness (QED) is 0.0667. The SMILES string of the molecule is CCN1C(=CC=CC2=[N+](CCCCCC(=O)NC34CC5CC(CC(NCC(=O)N6Cc7ccc(F)cc7C6)(C5)C3)C4)c3ccc(S(=O)(=O)O)cc3C2(C)C)C(C)(C)c2cc(S(=O)(=O)O)ccc21. The van der Waals surface area contributed by atoms with E-state index in [-0.39, 0.29) is 45.0 Å². The summed E-state index contributed by atoms with van der Waals surface area (Å²) in [7, 11) is -8.85. The van der Waals surface area contributed by atoms with E-state index in [9.17, 15) is 39.9 Å². The summed E-state index contributed by atoms with van der Waals surface area (Å²) < 4.78 is 84.4. The van der Waals surface area contributed by atoms with Crippen LogP contribution in [0.1, 0.15) is 121 Å². The van der Waals surface area contributed by atoms with Gasteiger partial charge in [-0.05, 0) is 149 Å². The van der Waals surface area contributed by atoms with Crippen molar-refractivity contribution in [2.24, 2.45) is 11.8 Å². The molecule has 3 aromatic carbocycles. The van der Waals surface area contributed by atoms with Crippen LogP contribution in [0.2, 0.25) is 0 Å². The van der Waals surface area contributed by atoms with Crippen molar-refractivity contribution < 1.29 is 44.5 Å². The largest absolute Gasteiger partial charge is 0.351 e. The standard InChI is InChI=1S/C51H62FN5O8S2/c1-6-56-42-18-16-38(66(60,61)62)23-40(42)48(2,3)44(56)11-10-12-45-49(4,5)41-24-39(67(63,64)65)17-19-43(41)57(45)20-9-7-8-13-46(58)54-51-27-33-21-34(28-51)26-50(25-33,32-51)53-29-47(59)55-30-35-14-15-37(52)22-36(35)31-55/h10-12,14-19,22-24,33-34,53H,6-9,13,20-21,25-32H2,1-5H3,(H2-,54,58,60,61,62,63,64,65)/p+1. The lowest BCUT2D eigenvalue weighted by molar-refractivity contribution is -0.438. The van der Waals surface area contributed by atoms with Gasteiger partial charge in [0, 0.05) is 78.1 Å². The van der Waals surface area contributed by atoms with Crippen LogP contribution >= 0.6 is 0 Å². The van der Waals surface area contributed by atoms with Crippen molar-refractivity contribution in [1.82, 2.24) is 15.5 Å². The van der Waals surface area contributed by atoms with Crippen LogP contribution in [0.25, 0.3) is 0 Å². The molecule has 0 saturated heterocycles. The molecule has 0 aromatic heterocycles. The number of carbonyl (C=O) groups excluding carboxylic acids is 2. The Morgan fingerprint density at radius 3 is 2.16 bits per heavy atom. The van der Waals surface area contributed by atoms with Crippen molar-refractivity contribution in [3.8, 4) is 0 Å². The van der Waals surface area contributed by atoms with Crippen molar-refractivity contribution in [2.45, 2.75) is 144 Å². The molecule has 10 rings (SSSR count). The Balaban J connectivity index is 0.858. The lowest BCUT2D eigenvalue weighted by atomic mass is 9.50. The fourth-order valence-corrected chi connectivity index (χ4v) is 14.1. The Morgan fingerprint density at radius 1 is 0.821 bits per heavy atom. The number of amides is 2. The number of allylic oxidation sites excluding steroid dienone is 4. The smallest absolute Gasteiger partial charge is 0.294 e. The minimum absolute atomic E-state index is 0.0105. The van der Waals surface area contributed by atoms with Crippen molar-refractivity contribution in [3.63, 3.8) is 0 Å². The summed E-state index contributed by atoms with van der Waals surface area (Å²) in [5.74, 6) is 0.760. The molecule has 2 amide bonds. The molecule has 3 aliphatic heterocycles. The van der Waals surface area contributed by atoms with E-state index >= 15 is 0 Å². The van der Waals surface area contributed by atoms with E-state index in [0.29, 0.717) is 50.9 Å². The van der Waals surface area contributed by atoms with Gasteiger partial charge in [-0.25, -0.2) is 4.39 Å². The first kappa shape index (κ1) is 47.3. The second-order valence-electron chi connectivity index (χ2n) is 21.1. The van der Waals surface area contributed by atoms with Crippen molar-refractivity contribution in [2.75, 3.05) is 24.5 Å². The Hall–Kier alpha value is -4.74. The van der Waals surface area contributed by atoms with E-state index in [1.807, 2.05) is 52.8 Å². The molecule has 7 aliphatic rings. The highest BCUT2D eigenvalue weighted by atomic mass is 32.2. The number of rotatable bonds is 15. The number of halogens is 1. The molecule has 2 unspecified atom stereocenters. The highest BCUT2D eigenvalue weighted by molar-refractivity contribution is 7.86. The fourth-order valence-electron chi connectivity index (χ4n) is 13.1. The predicted molar refractivity (Wildman–Crippen MR) is 254 cm³/mol. The molecule has 4 aliphatic carbocycles. The number of likely N-dealkylation sites (N-methyl/N-ethyl adjacent to an activating group) is 1. The normalized spacial score (nSPS) is 26.2. The van der Waals surface area contributed by atoms with E-state index in [1.165, 1.54) is 30.3 Å². The van der Waals surface area contributed by atoms with E-state index < -0.39 is 31.1 Å². The molecule has 3 heterocycles. The fraction of sp³-hybridized carbons (Fsp3) is 0.510. The van der Waals surface area contributed by atoms with Crippen molar-refractivity contribution in [1.29, 1.82) is 0 Å². The second-order valence-corrected chi connectivity index (χ2v) is 24.0. The van der Waals surface area contributed by atoms with Gasteiger partial charge in [-0.15, -0.1) is 0 Å². The number of unbranched alkanes of at least 4 members (excludes halogenated alkanes) is 2. The number of hydrogen-bond donors (Lipinski definition) is 4. The Morgan fingerprint density at radius 2 is 1.48 bits per heavy atom. The highest BCUT2D eigenvalue weighted by Crippen LogP contribution is 2.57. The molecule has 3 aromatic rings. The van der Waals surface area contributed by atoms with Gasteiger partial charge in [0.05, 0.1) is 21.8 Å². The van der Waals surface area contributed by atoms with Crippen LogP contribution in [0.15, 0.2) is 88.3 Å². The number of benzene rings is 3. The first-order chi connectivity index (χ1) is 31.5. The maximum absolute atomic E-state index is 13.8. The average molecular weight is 957 g/mol. The lowest BCUT2D eigenvalue weighted by Crippen LogP contribution is -2.69. The summed E-state index contributed by atoms with van der Waals surface area (Å²) in [4.78, 5) is 30.7. The van der Waals surface area contributed by atoms with Crippen LogP contribution < -0.4 is 15.5 Å². The van der Waals surface area contributed by atoms with Crippen LogP contribution in [-0.4, -0.2) is 83.7 Å². The van der Waals surface area contributed by atoms with Gasteiger partial charge in [-0.3, -0.25) is 18.7 Å². The molecular formula is C51H63FN5O8S2+. The van der Waals surface area contributed by atoms with E-state index in [0.717, 1.165) is 96.4 Å². The van der Waals surface area contributed by atoms with Crippen LogP contribution in [0.5, 0.6) is 0 Å². The number of anilines is 1. The highest BCUT2D eigenvalue weighted by Gasteiger charge is 2.58. The van der Waals surface area contributed by atoms with Gasteiger partial charge < -0.3 is 20.4 Å². The average Bonchev–Trinajstić information content (AvgIpc) is 3.83. The maximum atomic E-state index is 13.8. The number of hydrogen-bond acceptors (Lipinski definition) is 8. The molecular weight excluding hydrogens is 894 g/mol. The molecule has 2 atom stereocenters. The third-order valence-corrected chi connectivity index (χ3v) is 17.5. The minimum Gasteiger partial charge on any atom is -0.351 e. The summed E-state index contributed by atoms with van der Waals surface area (Å²) in [5.41, 5.74) is 5.26. The van der Waals surface area contributed by atoms with Gasteiger partial charge >= 0.3 is 0 Å². The third-order valence-electron chi connectivity index (χ3n) is 15.8. The van der Waals surface area contributed by atoms with Gasteiger partial charge in [0.15, 0.2) is 5.71 Å². The van der Waals surface area contributed by atoms with Gasteiger partial charge in [-0.2, -0.15) is 21.4 Å². The number of carbonyl (C=O) groups is 2. The zero-order chi connectivity index (χ0) is 47.9.